The van der Waals surface area contributed by atoms with Crippen molar-refractivity contribution < 1.29 is 4.42 Å². The molecule has 0 saturated heterocycles. The van der Waals surface area contributed by atoms with Gasteiger partial charge in [0, 0.05) is 38.8 Å². The summed E-state index contributed by atoms with van der Waals surface area (Å²) < 4.78 is 7.17. The lowest BCUT2D eigenvalue weighted by atomic mass is 9.70. The summed E-state index contributed by atoms with van der Waals surface area (Å²) in [5, 5.41) is 2.27. The SMILES string of the molecule is c1ccc(-c2ccc(N(c3ccc(-c4ccccc4)cc3)c3cccc4c3-c3ccccc3C43c4ccccc4-c4c3ccc3c4oc4c(-c5ccccc5)cccc43)cc2)cc1. The van der Waals surface area contributed by atoms with E-state index in [1.54, 1.807) is 0 Å². The van der Waals surface area contributed by atoms with Gasteiger partial charge in [-0.25, -0.2) is 0 Å². The van der Waals surface area contributed by atoms with E-state index < -0.39 is 5.41 Å². The van der Waals surface area contributed by atoms with Crippen molar-refractivity contribution in [3.8, 4) is 55.6 Å². The minimum atomic E-state index is -0.566. The summed E-state index contributed by atoms with van der Waals surface area (Å²) in [7, 11) is 0. The van der Waals surface area contributed by atoms with Crippen LogP contribution in [0.25, 0.3) is 77.6 Å². The first-order valence-electron chi connectivity index (χ1n) is 21.8. The third-order valence-electron chi connectivity index (χ3n) is 13.5. The maximum Gasteiger partial charge on any atom is 0.143 e. The molecule has 0 N–H and O–H groups in total. The summed E-state index contributed by atoms with van der Waals surface area (Å²) in [5.41, 5.74) is 21.7. The average molecular weight is 802 g/mol. The second-order valence-corrected chi connectivity index (χ2v) is 16.7. The van der Waals surface area contributed by atoms with Crippen molar-refractivity contribution in [3.05, 3.63) is 259 Å². The Kier molecular flexibility index (Phi) is 7.85. The zero-order valence-electron chi connectivity index (χ0n) is 34.4. The lowest BCUT2D eigenvalue weighted by Gasteiger charge is -2.32. The van der Waals surface area contributed by atoms with Gasteiger partial charge >= 0.3 is 0 Å². The summed E-state index contributed by atoms with van der Waals surface area (Å²) in [6, 6.07) is 86.2. The van der Waals surface area contributed by atoms with E-state index in [4.69, 9.17) is 4.42 Å². The molecule has 2 nitrogen and oxygen atoms in total. The summed E-state index contributed by atoms with van der Waals surface area (Å²) in [6.07, 6.45) is 0. The van der Waals surface area contributed by atoms with Crippen LogP contribution < -0.4 is 4.90 Å². The Hall–Kier alpha value is -8.20. The Balaban J connectivity index is 1.06. The predicted molar refractivity (Wildman–Crippen MR) is 261 cm³/mol. The zero-order valence-corrected chi connectivity index (χ0v) is 34.4. The lowest BCUT2D eigenvalue weighted by Crippen LogP contribution is -2.26. The van der Waals surface area contributed by atoms with E-state index in [1.807, 2.05) is 0 Å². The molecule has 13 rings (SSSR count). The van der Waals surface area contributed by atoms with Crippen LogP contribution in [-0.2, 0) is 5.41 Å². The van der Waals surface area contributed by atoms with Crippen LogP contribution in [-0.4, -0.2) is 0 Å². The molecule has 10 aromatic carbocycles. The molecule has 0 bridgehead atoms. The summed E-state index contributed by atoms with van der Waals surface area (Å²) >= 11 is 0. The third-order valence-corrected chi connectivity index (χ3v) is 13.5. The van der Waals surface area contributed by atoms with Crippen LogP contribution in [0.5, 0.6) is 0 Å². The minimum absolute atomic E-state index is 0.566. The fourth-order valence-corrected chi connectivity index (χ4v) is 10.8. The highest BCUT2D eigenvalue weighted by Crippen LogP contribution is 2.66. The Labute approximate surface area is 366 Å². The predicted octanol–water partition coefficient (Wildman–Crippen LogP) is 16.4. The molecular weight excluding hydrogens is 763 g/mol. The van der Waals surface area contributed by atoms with E-state index in [-0.39, 0.29) is 0 Å². The molecule has 0 fully saturated rings. The third kappa shape index (κ3) is 5.19. The van der Waals surface area contributed by atoms with Crippen LogP contribution in [0.15, 0.2) is 241 Å². The molecule has 0 aliphatic heterocycles. The standard InChI is InChI=1S/C61H39NO/c1-4-16-40(17-5-1)42-30-34-45(35-31-42)62(46-36-32-43(33-37-46)41-18-6-2-7-19-41)56-29-15-28-54-57(56)50-22-10-12-26-52(50)61(54)53-27-13-11-23-51(53)58-55(61)39-38-49-48-25-14-24-47(59(48)63-60(49)58)44-20-8-3-9-21-44/h1-39H. The van der Waals surface area contributed by atoms with E-state index >= 15 is 0 Å². The van der Waals surface area contributed by atoms with Crippen molar-refractivity contribution in [2.45, 2.75) is 5.41 Å². The second kappa shape index (κ2) is 13.9. The van der Waals surface area contributed by atoms with Crippen molar-refractivity contribution in [1.29, 1.82) is 0 Å². The molecule has 1 atom stereocenters. The number of anilines is 3. The van der Waals surface area contributed by atoms with Gasteiger partial charge in [-0.2, -0.15) is 0 Å². The Morgan fingerprint density at radius 2 is 0.730 bits per heavy atom. The number of para-hydroxylation sites is 1. The molecule has 1 unspecified atom stereocenters. The molecule has 294 valence electrons. The van der Waals surface area contributed by atoms with Gasteiger partial charge in [0.2, 0.25) is 0 Å². The van der Waals surface area contributed by atoms with Gasteiger partial charge in [-0.3, -0.25) is 0 Å². The maximum absolute atomic E-state index is 7.17. The highest BCUT2D eigenvalue weighted by Gasteiger charge is 2.53. The van der Waals surface area contributed by atoms with Crippen LogP contribution in [0.2, 0.25) is 0 Å². The van der Waals surface area contributed by atoms with E-state index in [2.05, 4.69) is 241 Å². The number of furan rings is 1. The molecule has 1 heterocycles. The molecule has 2 heteroatoms. The fourth-order valence-electron chi connectivity index (χ4n) is 10.8. The Morgan fingerprint density at radius 3 is 1.33 bits per heavy atom. The van der Waals surface area contributed by atoms with E-state index in [0.717, 1.165) is 50.1 Å². The van der Waals surface area contributed by atoms with Gasteiger partial charge < -0.3 is 9.32 Å². The van der Waals surface area contributed by atoms with Crippen molar-refractivity contribution in [1.82, 2.24) is 0 Å². The normalized spacial score (nSPS) is 14.4. The molecule has 63 heavy (non-hydrogen) atoms. The largest absolute Gasteiger partial charge is 0.455 e. The molecule has 1 spiro atoms. The highest BCUT2D eigenvalue weighted by molar-refractivity contribution is 6.16. The number of rotatable bonds is 6. The first kappa shape index (κ1) is 35.5. The number of fused-ring (bicyclic) bond motifs is 14. The van der Waals surface area contributed by atoms with Crippen LogP contribution in [0.3, 0.4) is 0 Å². The van der Waals surface area contributed by atoms with E-state index in [9.17, 15) is 0 Å². The first-order valence-corrected chi connectivity index (χ1v) is 21.8. The van der Waals surface area contributed by atoms with Crippen molar-refractivity contribution in [3.63, 3.8) is 0 Å². The zero-order chi connectivity index (χ0) is 41.5. The first-order chi connectivity index (χ1) is 31.3. The molecule has 1 aromatic heterocycles. The van der Waals surface area contributed by atoms with Gasteiger partial charge in [0.05, 0.1) is 11.1 Å². The van der Waals surface area contributed by atoms with Gasteiger partial charge in [-0.1, -0.05) is 206 Å². The monoisotopic (exact) mass is 801 g/mol. The average Bonchev–Trinajstić information content (AvgIpc) is 4.00. The molecule has 0 amide bonds. The van der Waals surface area contributed by atoms with Gasteiger partial charge in [-0.05, 0) is 91.5 Å². The number of hydrogen-bond acceptors (Lipinski definition) is 2. The molecule has 2 aliphatic rings. The molecule has 11 aromatic rings. The van der Waals surface area contributed by atoms with Gasteiger partial charge in [0.25, 0.3) is 0 Å². The quantitative estimate of drug-likeness (QED) is 0.167. The lowest BCUT2D eigenvalue weighted by molar-refractivity contribution is 0.670. The minimum Gasteiger partial charge on any atom is -0.455 e. The molecule has 2 aliphatic carbocycles. The van der Waals surface area contributed by atoms with Crippen molar-refractivity contribution in [2.24, 2.45) is 0 Å². The Morgan fingerprint density at radius 1 is 0.286 bits per heavy atom. The number of benzene rings is 10. The highest BCUT2D eigenvalue weighted by atomic mass is 16.3. The summed E-state index contributed by atoms with van der Waals surface area (Å²) in [5.74, 6) is 0. The smallest absolute Gasteiger partial charge is 0.143 e. The van der Waals surface area contributed by atoms with Crippen LogP contribution in [0.4, 0.5) is 17.1 Å². The summed E-state index contributed by atoms with van der Waals surface area (Å²) in [4.78, 5) is 2.45. The maximum atomic E-state index is 7.17. The van der Waals surface area contributed by atoms with Crippen molar-refractivity contribution >= 4 is 39.0 Å². The van der Waals surface area contributed by atoms with Gasteiger partial charge in [0.1, 0.15) is 11.2 Å². The van der Waals surface area contributed by atoms with E-state index in [1.165, 1.54) is 66.8 Å². The number of nitrogens with zero attached hydrogens (tertiary/aromatic N) is 1. The number of hydrogen-bond donors (Lipinski definition) is 0. The van der Waals surface area contributed by atoms with Gasteiger partial charge in [0.15, 0.2) is 0 Å². The summed E-state index contributed by atoms with van der Waals surface area (Å²) in [6.45, 7) is 0. The van der Waals surface area contributed by atoms with Crippen LogP contribution in [0.1, 0.15) is 22.3 Å². The van der Waals surface area contributed by atoms with Crippen LogP contribution in [0, 0.1) is 0 Å². The molecule has 0 saturated carbocycles. The van der Waals surface area contributed by atoms with Crippen LogP contribution >= 0.6 is 0 Å². The molecule has 0 radical (unpaired) electrons. The topological polar surface area (TPSA) is 16.4 Å². The van der Waals surface area contributed by atoms with E-state index in [0.29, 0.717) is 0 Å². The van der Waals surface area contributed by atoms with Crippen molar-refractivity contribution in [2.75, 3.05) is 4.90 Å². The molecular formula is C61H39NO. The van der Waals surface area contributed by atoms with Gasteiger partial charge in [-0.15, -0.1) is 0 Å². The fraction of sp³-hybridized carbons (Fsp3) is 0.0164. The Bertz CT molecular complexity index is 3450. The second-order valence-electron chi connectivity index (χ2n) is 16.7.